The molecule has 0 amide bonds. The highest BCUT2D eigenvalue weighted by atomic mass is 35.5. The zero-order valence-corrected chi connectivity index (χ0v) is 17.6. The van der Waals surface area contributed by atoms with Gasteiger partial charge in [-0.1, -0.05) is 11.6 Å². The van der Waals surface area contributed by atoms with Crippen molar-refractivity contribution in [3.8, 4) is 5.69 Å². The second-order valence-electron chi connectivity index (χ2n) is 7.80. The van der Waals surface area contributed by atoms with Crippen molar-refractivity contribution < 1.29 is 27.6 Å². The molecule has 1 aromatic carbocycles. The van der Waals surface area contributed by atoms with Crippen LogP contribution < -0.4 is 4.90 Å². The van der Waals surface area contributed by atoms with Crippen LogP contribution in [0.4, 0.5) is 13.2 Å². The SMILES string of the molecule is Cc1cc(C(=O)C[NH+]2C[C@H](C)O[C@@H](C)C2)c(C)n1-c1ccc(Cl)c(C(F)(F)F)c1. The molecule has 29 heavy (non-hydrogen) atoms. The fourth-order valence-corrected chi connectivity index (χ4v) is 4.39. The molecule has 1 saturated heterocycles. The van der Waals surface area contributed by atoms with E-state index in [0.717, 1.165) is 24.1 Å². The fraction of sp³-hybridized carbons (Fsp3) is 0.476. The molecule has 0 bridgehead atoms. The highest BCUT2D eigenvalue weighted by molar-refractivity contribution is 6.31. The molecule has 0 radical (unpaired) electrons. The lowest BCUT2D eigenvalue weighted by atomic mass is 10.1. The number of alkyl halides is 3. The average molecular weight is 430 g/mol. The number of nitrogens with zero attached hydrogens (tertiary/aromatic N) is 1. The average Bonchev–Trinajstić information content (AvgIpc) is 2.88. The van der Waals surface area contributed by atoms with Gasteiger partial charge in [0.1, 0.15) is 31.8 Å². The van der Waals surface area contributed by atoms with Crippen LogP contribution in [0.25, 0.3) is 5.69 Å². The molecule has 2 aromatic rings. The Morgan fingerprint density at radius 1 is 1.21 bits per heavy atom. The van der Waals surface area contributed by atoms with Crippen LogP contribution >= 0.6 is 11.6 Å². The third-order valence-corrected chi connectivity index (χ3v) is 5.60. The van der Waals surface area contributed by atoms with Crippen LogP contribution in [0.1, 0.15) is 41.2 Å². The molecule has 0 saturated carbocycles. The molecule has 1 N–H and O–H groups in total. The Balaban J connectivity index is 1.90. The van der Waals surface area contributed by atoms with Crippen LogP contribution in [-0.4, -0.2) is 42.2 Å². The van der Waals surface area contributed by atoms with Crippen molar-refractivity contribution in [2.75, 3.05) is 19.6 Å². The molecule has 0 unspecified atom stereocenters. The van der Waals surface area contributed by atoms with Gasteiger partial charge in [-0.15, -0.1) is 0 Å². The number of aromatic nitrogens is 1. The number of ketones is 1. The normalized spacial score (nSPS) is 22.7. The number of Topliss-reactive ketones (excluding diaryl/α,β-unsaturated/α-hetero) is 1. The molecule has 2 atom stereocenters. The number of nitrogens with one attached hydrogen (secondary N) is 1. The van der Waals surface area contributed by atoms with Gasteiger partial charge in [-0.05, 0) is 52.0 Å². The fourth-order valence-electron chi connectivity index (χ4n) is 4.17. The van der Waals surface area contributed by atoms with E-state index in [-0.39, 0.29) is 23.0 Å². The van der Waals surface area contributed by atoms with Crippen LogP contribution in [-0.2, 0) is 10.9 Å². The van der Waals surface area contributed by atoms with Crippen LogP contribution in [0.3, 0.4) is 0 Å². The van der Waals surface area contributed by atoms with E-state index in [0.29, 0.717) is 29.2 Å². The number of aryl methyl sites for hydroxylation is 1. The van der Waals surface area contributed by atoms with E-state index in [1.54, 1.807) is 24.5 Å². The van der Waals surface area contributed by atoms with E-state index in [1.165, 1.54) is 12.1 Å². The number of morpholine rings is 1. The highest BCUT2D eigenvalue weighted by Crippen LogP contribution is 2.36. The van der Waals surface area contributed by atoms with Gasteiger partial charge in [0.15, 0.2) is 0 Å². The van der Waals surface area contributed by atoms with Gasteiger partial charge in [-0.25, -0.2) is 0 Å². The number of ether oxygens (including phenoxy) is 1. The summed E-state index contributed by atoms with van der Waals surface area (Å²) in [6.07, 6.45) is -4.37. The van der Waals surface area contributed by atoms with Crippen LogP contribution in [0.2, 0.25) is 5.02 Å². The smallest absolute Gasteiger partial charge is 0.364 e. The van der Waals surface area contributed by atoms with Gasteiger partial charge < -0.3 is 14.2 Å². The zero-order chi connectivity index (χ0) is 21.5. The third-order valence-electron chi connectivity index (χ3n) is 5.27. The lowest BCUT2D eigenvalue weighted by molar-refractivity contribution is -0.906. The first-order chi connectivity index (χ1) is 13.5. The van der Waals surface area contributed by atoms with Gasteiger partial charge in [0, 0.05) is 22.6 Å². The molecule has 2 heterocycles. The van der Waals surface area contributed by atoms with Crippen molar-refractivity contribution in [3.05, 3.63) is 51.8 Å². The monoisotopic (exact) mass is 429 g/mol. The highest BCUT2D eigenvalue weighted by Gasteiger charge is 2.34. The summed E-state index contributed by atoms with van der Waals surface area (Å²) >= 11 is 5.74. The number of carbonyl (C=O) groups excluding carboxylic acids is 1. The Morgan fingerprint density at radius 2 is 1.83 bits per heavy atom. The standard InChI is InChI=1S/C21H24ClF3N2O2/c1-12-7-17(20(28)11-26-9-13(2)29-14(3)10-26)15(4)27(12)16-5-6-19(22)18(8-16)21(23,24)25/h5-8,13-14H,9-11H2,1-4H3/p+1/t13-,14-/m0/s1. The summed E-state index contributed by atoms with van der Waals surface area (Å²) in [6, 6.07) is 5.53. The second kappa shape index (κ2) is 8.13. The summed E-state index contributed by atoms with van der Waals surface area (Å²) in [5, 5.41) is -0.348. The van der Waals surface area contributed by atoms with Gasteiger partial charge in [0.25, 0.3) is 0 Å². The summed E-state index contributed by atoms with van der Waals surface area (Å²) in [6.45, 7) is 9.34. The van der Waals surface area contributed by atoms with E-state index < -0.39 is 11.7 Å². The molecule has 1 aliphatic rings. The van der Waals surface area contributed by atoms with E-state index in [1.807, 2.05) is 13.8 Å². The lowest BCUT2D eigenvalue weighted by Gasteiger charge is -2.31. The van der Waals surface area contributed by atoms with Gasteiger partial charge in [-0.3, -0.25) is 4.79 Å². The van der Waals surface area contributed by atoms with Crippen LogP contribution in [0.15, 0.2) is 24.3 Å². The Labute approximate surface area is 173 Å². The van der Waals surface area contributed by atoms with Gasteiger partial charge in [-0.2, -0.15) is 13.2 Å². The summed E-state index contributed by atoms with van der Waals surface area (Å²) in [7, 11) is 0. The number of halogens is 4. The molecule has 158 valence electrons. The molecular formula is C21H25ClF3N2O2+. The summed E-state index contributed by atoms with van der Waals surface area (Å²) in [5.41, 5.74) is 1.29. The van der Waals surface area contributed by atoms with Crippen molar-refractivity contribution >= 4 is 17.4 Å². The minimum Gasteiger partial charge on any atom is -0.364 e. The second-order valence-corrected chi connectivity index (χ2v) is 8.20. The van der Waals surface area contributed by atoms with Crippen molar-refractivity contribution in [3.63, 3.8) is 0 Å². The number of hydrogen-bond donors (Lipinski definition) is 1. The number of hydrogen-bond acceptors (Lipinski definition) is 2. The Kier molecular flexibility index (Phi) is 6.13. The van der Waals surface area contributed by atoms with E-state index in [4.69, 9.17) is 16.3 Å². The van der Waals surface area contributed by atoms with E-state index in [2.05, 4.69) is 0 Å². The molecule has 3 rings (SSSR count). The third kappa shape index (κ3) is 4.68. The molecule has 4 nitrogen and oxygen atoms in total. The van der Waals surface area contributed by atoms with Crippen LogP contribution in [0, 0.1) is 13.8 Å². The maximum Gasteiger partial charge on any atom is 0.417 e. The Hall–Kier alpha value is -1.83. The quantitative estimate of drug-likeness (QED) is 0.753. The van der Waals surface area contributed by atoms with Crippen molar-refractivity contribution in [2.45, 2.75) is 46.1 Å². The van der Waals surface area contributed by atoms with Crippen molar-refractivity contribution in [1.29, 1.82) is 0 Å². The number of carbonyl (C=O) groups is 1. The van der Waals surface area contributed by atoms with E-state index in [9.17, 15) is 18.0 Å². The predicted molar refractivity (Wildman–Crippen MR) is 105 cm³/mol. The molecule has 0 spiro atoms. The van der Waals surface area contributed by atoms with Gasteiger partial charge >= 0.3 is 6.18 Å². The predicted octanol–water partition coefficient (Wildman–Crippen LogP) is 3.64. The molecule has 1 aliphatic heterocycles. The summed E-state index contributed by atoms with van der Waals surface area (Å²) < 4.78 is 47.1. The first-order valence-corrected chi connectivity index (χ1v) is 9.93. The maximum atomic E-state index is 13.2. The number of quaternary nitrogens is 1. The number of rotatable bonds is 4. The molecular weight excluding hydrogens is 405 g/mol. The molecule has 0 aliphatic carbocycles. The lowest BCUT2D eigenvalue weighted by Crippen LogP contribution is -3.16. The minimum absolute atomic E-state index is 0.0225. The van der Waals surface area contributed by atoms with E-state index >= 15 is 0 Å². The largest absolute Gasteiger partial charge is 0.417 e. The van der Waals surface area contributed by atoms with Gasteiger partial charge in [0.05, 0.1) is 10.6 Å². The molecule has 1 aromatic heterocycles. The first kappa shape index (κ1) is 21.9. The number of benzene rings is 1. The first-order valence-electron chi connectivity index (χ1n) is 9.55. The Morgan fingerprint density at radius 3 is 2.41 bits per heavy atom. The minimum atomic E-state index is -4.55. The van der Waals surface area contributed by atoms with Gasteiger partial charge in [0.2, 0.25) is 5.78 Å². The summed E-state index contributed by atoms with van der Waals surface area (Å²) in [5.74, 6) is -0.0225. The van der Waals surface area contributed by atoms with Crippen molar-refractivity contribution in [1.82, 2.24) is 4.57 Å². The topological polar surface area (TPSA) is 35.7 Å². The van der Waals surface area contributed by atoms with Crippen LogP contribution in [0.5, 0.6) is 0 Å². The summed E-state index contributed by atoms with van der Waals surface area (Å²) in [4.78, 5) is 14.1. The molecule has 1 fully saturated rings. The zero-order valence-electron chi connectivity index (χ0n) is 16.9. The Bertz CT molecular complexity index is 913. The maximum absolute atomic E-state index is 13.2. The molecule has 8 heteroatoms. The van der Waals surface area contributed by atoms with Crippen molar-refractivity contribution in [2.24, 2.45) is 0 Å².